The fourth-order valence-electron chi connectivity index (χ4n) is 2.17. The van der Waals surface area contributed by atoms with Crippen molar-refractivity contribution in [3.05, 3.63) is 11.9 Å². The third-order valence-electron chi connectivity index (χ3n) is 3.55. The van der Waals surface area contributed by atoms with Gasteiger partial charge in [-0.25, -0.2) is 4.68 Å². The van der Waals surface area contributed by atoms with Crippen molar-refractivity contribution in [1.82, 2.24) is 20.3 Å². The number of aliphatic hydroxyl groups is 1. The highest BCUT2D eigenvalue weighted by atomic mass is 16.3. The molecule has 2 rings (SSSR count). The maximum absolute atomic E-state index is 8.77. The minimum Gasteiger partial charge on any atom is -0.394 e. The van der Waals surface area contributed by atoms with E-state index in [9.17, 15) is 0 Å². The van der Waals surface area contributed by atoms with Gasteiger partial charge in [0.2, 0.25) is 0 Å². The molecule has 1 aromatic rings. The predicted octanol–water partition coefficient (Wildman–Crippen LogP) is 0.693. The van der Waals surface area contributed by atoms with E-state index in [0.717, 1.165) is 12.2 Å². The molecule has 90 valence electrons. The molecule has 16 heavy (non-hydrogen) atoms. The minimum absolute atomic E-state index is 0.106. The van der Waals surface area contributed by atoms with Crippen molar-refractivity contribution < 1.29 is 5.11 Å². The minimum atomic E-state index is 0.106. The summed E-state index contributed by atoms with van der Waals surface area (Å²) in [6, 6.07) is 0. The summed E-state index contributed by atoms with van der Waals surface area (Å²) >= 11 is 0. The summed E-state index contributed by atoms with van der Waals surface area (Å²) in [7, 11) is 0. The van der Waals surface area contributed by atoms with Crippen LogP contribution in [-0.2, 0) is 13.1 Å². The SMILES string of the molecule is CCC1(NCc2cn(CCO)nn2)CCC1. The van der Waals surface area contributed by atoms with Gasteiger partial charge in [-0.05, 0) is 25.7 Å². The summed E-state index contributed by atoms with van der Waals surface area (Å²) in [6.07, 6.45) is 6.95. The van der Waals surface area contributed by atoms with E-state index in [1.165, 1.54) is 25.7 Å². The van der Waals surface area contributed by atoms with E-state index in [1.54, 1.807) is 4.68 Å². The second kappa shape index (κ2) is 4.93. The smallest absolute Gasteiger partial charge is 0.0965 e. The third kappa shape index (κ3) is 2.41. The van der Waals surface area contributed by atoms with Crippen molar-refractivity contribution in [2.45, 2.75) is 51.2 Å². The molecule has 0 saturated heterocycles. The van der Waals surface area contributed by atoms with Gasteiger partial charge in [0.25, 0.3) is 0 Å². The fraction of sp³-hybridized carbons (Fsp3) is 0.818. The van der Waals surface area contributed by atoms with Crippen LogP contribution in [0.5, 0.6) is 0 Å². The molecule has 0 aliphatic heterocycles. The number of aromatic nitrogens is 3. The number of rotatable bonds is 6. The molecular formula is C11H20N4O. The summed E-state index contributed by atoms with van der Waals surface area (Å²) in [5.74, 6) is 0. The lowest BCUT2D eigenvalue weighted by Gasteiger charge is -2.42. The zero-order valence-electron chi connectivity index (χ0n) is 9.82. The van der Waals surface area contributed by atoms with E-state index < -0.39 is 0 Å². The van der Waals surface area contributed by atoms with E-state index >= 15 is 0 Å². The molecule has 0 amide bonds. The van der Waals surface area contributed by atoms with Crippen LogP contribution in [-0.4, -0.2) is 32.2 Å². The molecule has 5 heteroatoms. The van der Waals surface area contributed by atoms with Crippen molar-refractivity contribution in [1.29, 1.82) is 0 Å². The van der Waals surface area contributed by atoms with E-state index in [1.807, 2.05) is 6.20 Å². The summed E-state index contributed by atoms with van der Waals surface area (Å²) in [6.45, 7) is 3.63. The van der Waals surface area contributed by atoms with Gasteiger partial charge in [-0.3, -0.25) is 0 Å². The number of hydrogen-bond acceptors (Lipinski definition) is 4. The zero-order chi connectivity index (χ0) is 11.4. The monoisotopic (exact) mass is 224 g/mol. The zero-order valence-corrected chi connectivity index (χ0v) is 9.82. The van der Waals surface area contributed by atoms with Gasteiger partial charge in [0.05, 0.1) is 18.8 Å². The molecule has 1 aliphatic carbocycles. The Morgan fingerprint density at radius 2 is 2.38 bits per heavy atom. The van der Waals surface area contributed by atoms with Crippen LogP contribution in [0.3, 0.4) is 0 Å². The van der Waals surface area contributed by atoms with Gasteiger partial charge in [0, 0.05) is 18.3 Å². The number of aliphatic hydroxyl groups excluding tert-OH is 1. The van der Waals surface area contributed by atoms with Crippen LogP contribution < -0.4 is 5.32 Å². The maximum Gasteiger partial charge on any atom is 0.0965 e. The van der Waals surface area contributed by atoms with Crippen LogP contribution in [0.25, 0.3) is 0 Å². The van der Waals surface area contributed by atoms with E-state index in [-0.39, 0.29) is 6.61 Å². The van der Waals surface area contributed by atoms with Crippen LogP contribution in [0.4, 0.5) is 0 Å². The standard InChI is InChI=1S/C11H20N4O/c1-2-11(4-3-5-11)12-8-10-9-15(6-7-16)14-13-10/h9,12,16H,2-8H2,1H3. The molecule has 1 saturated carbocycles. The van der Waals surface area contributed by atoms with Crippen molar-refractivity contribution in [2.75, 3.05) is 6.61 Å². The van der Waals surface area contributed by atoms with Crippen LogP contribution in [0, 0.1) is 0 Å². The number of hydrogen-bond donors (Lipinski definition) is 2. The lowest BCUT2D eigenvalue weighted by Crippen LogP contribution is -2.49. The van der Waals surface area contributed by atoms with Gasteiger partial charge in [0.15, 0.2) is 0 Å². The van der Waals surface area contributed by atoms with Crippen LogP contribution in [0.2, 0.25) is 0 Å². The molecule has 0 unspecified atom stereocenters. The predicted molar refractivity (Wildman–Crippen MR) is 60.8 cm³/mol. The molecule has 0 atom stereocenters. The fourth-order valence-corrected chi connectivity index (χ4v) is 2.17. The Hall–Kier alpha value is -0.940. The van der Waals surface area contributed by atoms with Gasteiger partial charge in [-0.15, -0.1) is 5.10 Å². The Labute approximate surface area is 95.8 Å². The van der Waals surface area contributed by atoms with Crippen LogP contribution in [0.1, 0.15) is 38.3 Å². The van der Waals surface area contributed by atoms with Gasteiger partial charge in [-0.1, -0.05) is 12.1 Å². The van der Waals surface area contributed by atoms with Crippen molar-refractivity contribution in [3.8, 4) is 0 Å². The Morgan fingerprint density at radius 3 is 2.94 bits per heavy atom. The Balaban J connectivity index is 1.84. The molecule has 1 aliphatic rings. The molecule has 0 spiro atoms. The third-order valence-corrected chi connectivity index (χ3v) is 3.55. The molecule has 0 radical (unpaired) electrons. The van der Waals surface area contributed by atoms with Gasteiger partial charge in [-0.2, -0.15) is 0 Å². The summed E-state index contributed by atoms with van der Waals surface area (Å²) < 4.78 is 1.68. The number of nitrogens with zero attached hydrogens (tertiary/aromatic N) is 3. The quantitative estimate of drug-likeness (QED) is 0.746. The Morgan fingerprint density at radius 1 is 1.56 bits per heavy atom. The molecule has 2 N–H and O–H groups in total. The largest absolute Gasteiger partial charge is 0.394 e. The molecule has 0 bridgehead atoms. The van der Waals surface area contributed by atoms with E-state index in [4.69, 9.17) is 5.11 Å². The molecule has 5 nitrogen and oxygen atoms in total. The first-order chi connectivity index (χ1) is 7.78. The van der Waals surface area contributed by atoms with Crippen molar-refractivity contribution in [2.24, 2.45) is 0 Å². The highest BCUT2D eigenvalue weighted by Crippen LogP contribution is 2.34. The summed E-state index contributed by atoms with van der Waals surface area (Å²) in [4.78, 5) is 0. The summed E-state index contributed by atoms with van der Waals surface area (Å²) in [5.41, 5.74) is 1.30. The van der Waals surface area contributed by atoms with Gasteiger partial charge < -0.3 is 10.4 Å². The molecular weight excluding hydrogens is 204 g/mol. The first kappa shape index (κ1) is 11.5. The average molecular weight is 224 g/mol. The lowest BCUT2D eigenvalue weighted by molar-refractivity contribution is 0.175. The second-order valence-corrected chi connectivity index (χ2v) is 4.54. The van der Waals surface area contributed by atoms with Gasteiger partial charge in [0.1, 0.15) is 0 Å². The van der Waals surface area contributed by atoms with Crippen LogP contribution >= 0.6 is 0 Å². The first-order valence-electron chi connectivity index (χ1n) is 6.03. The van der Waals surface area contributed by atoms with E-state index in [0.29, 0.717) is 12.1 Å². The van der Waals surface area contributed by atoms with Gasteiger partial charge >= 0.3 is 0 Å². The van der Waals surface area contributed by atoms with Crippen molar-refractivity contribution in [3.63, 3.8) is 0 Å². The highest BCUT2D eigenvalue weighted by molar-refractivity contribution is 4.99. The van der Waals surface area contributed by atoms with E-state index in [2.05, 4.69) is 22.6 Å². The average Bonchev–Trinajstić information content (AvgIpc) is 2.66. The van der Waals surface area contributed by atoms with Crippen LogP contribution in [0.15, 0.2) is 6.20 Å². The Bertz CT molecular complexity index is 327. The first-order valence-corrected chi connectivity index (χ1v) is 6.03. The molecule has 1 fully saturated rings. The summed E-state index contributed by atoms with van der Waals surface area (Å²) in [5, 5.41) is 20.4. The topological polar surface area (TPSA) is 63.0 Å². The Kier molecular flexibility index (Phi) is 3.56. The lowest BCUT2D eigenvalue weighted by atomic mass is 9.75. The molecule has 1 aromatic heterocycles. The van der Waals surface area contributed by atoms with Crippen molar-refractivity contribution >= 4 is 0 Å². The molecule has 1 heterocycles. The molecule has 0 aromatic carbocycles. The second-order valence-electron chi connectivity index (χ2n) is 4.54. The number of nitrogens with one attached hydrogen (secondary N) is 1. The highest BCUT2D eigenvalue weighted by Gasteiger charge is 2.34. The normalized spacial score (nSPS) is 18.4. The maximum atomic E-state index is 8.77.